The lowest BCUT2D eigenvalue weighted by Crippen LogP contribution is -2.53. The fourth-order valence-electron chi connectivity index (χ4n) is 7.77. The number of rotatable bonds is 4. The third kappa shape index (κ3) is 4.41. The normalized spacial score (nSPS) is 28.8. The van der Waals surface area contributed by atoms with E-state index in [2.05, 4.69) is 15.7 Å². The molecule has 4 aliphatic rings. The average molecular weight is 671 g/mol. The summed E-state index contributed by atoms with van der Waals surface area (Å²) in [5, 5.41) is 13.6. The number of nitrogens with zero attached hydrogens (tertiary/aromatic N) is 2. The monoisotopic (exact) mass is 670 g/mol. The molecule has 1 aromatic heterocycles. The lowest BCUT2D eigenvalue weighted by molar-refractivity contribution is -0.139. The molecule has 2 aromatic carbocycles. The van der Waals surface area contributed by atoms with Crippen LogP contribution in [0, 0.1) is 23.7 Å². The molecule has 1 saturated carbocycles. The predicted octanol–water partition coefficient (Wildman–Crippen LogP) is 5.39. The number of hydrazine groups is 1. The van der Waals surface area contributed by atoms with E-state index in [9.17, 15) is 37.5 Å². The Bertz CT molecular complexity index is 1870. The molecule has 236 valence electrons. The van der Waals surface area contributed by atoms with Crippen molar-refractivity contribution in [2.24, 2.45) is 23.7 Å². The number of fused-ring (bicyclic) bond motifs is 4. The zero-order valence-electron chi connectivity index (χ0n) is 23.5. The lowest BCUT2D eigenvalue weighted by Gasteiger charge is -2.50. The minimum atomic E-state index is -4.73. The highest BCUT2D eigenvalue weighted by atomic mass is 35.5. The minimum Gasteiger partial charge on any atom is -0.508 e. The van der Waals surface area contributed by atoms with Crippen molar-refractivity contribution in [2.45, 2.75) is 30.4 Å². The number of benzene rings is 2. The molecule has 14 heteroatoms. The molecule has 3 aromatic rings. The molecule has 3 fully saturated rings. The number of imide groups is 2. The molecule has 3 N–H and O–H groups in total. The minimum absolute atomic E-state index is 0.00255. The maximum absolute atomic E-state index is 14.9. The number of carbonyl (C=O) groups is 4. The van der Waals surface area contributed by atoms with Crippen LogP contribution < -0.4 is 10.7 Å². The van der Waals surface area contributed by atoms with Gasteiger partial charge in [-0.3, -0.25) is 29.9 Å². The zero-order valence-corrected chi connectivity index (χ0v) is 25.0. The number of phenols is 1. The first kappa shape index (κ1) is 30.2. The van der Waals surface area contributed by atoms with E-state index in [-0.39, 0.29) is 24.4 Å². The van der Waals surface area contributed by atoms with Crippen LogP contribution in [-0.2, 0) is 30.8 Å². The number of amides is 4. The third-order valence-electron chi connectivity index (χ3n) is 9.60. The summed E-state index contributed by atoms with van der Waals surface area (Å²) in [5.74, 6) is -6.89. The van der Waals surface area contributed by atoms with Gasteiger partial charge in [0.05, 0.1) is 33.8 Å². The SMILES string of the molecule is O=C1NC(=O)C2C1CC=C1C2CC2C(=O)N(Nc3ncc(C(F)(F)F)cc3Cl)C(=O)C2(c2ccc(Cl)cc2)C1c1cccc(O)c1. The van der Waals surface area contributed by atoms with Gasteiger partial charge in [0.2, 0.25) is 11.8 Å². The first-order valence-corrected chi connectivity index (χ1v) is 15.1. The standard InChI is InChI=1S/C32H23Cl2F3N4O5/c33-17-6-4-15(5-7-17)31-22(29(45)41(30(31)46)40-26-23(34)11-16(13-38-26)32(35,36)37)12-21-19(25(31)14-2-1-3-18(42)10-14)8-9-20-24(21)28(44)39-27(20)43/h1-8,10-11,13,20-22,24-25,42H,9,12H2,(H,38,40)(H,39,43,44). The van der Waals surface area contributed by atoms with Gasteiger partial charge in [-0.15, -0.1) is 0 Å². The quantitative estimate of drug-likeness (QED) is 0.251. The smallest absolute Gasteiger partial charge is 0.417 e. The molecule has 0 radical (unpaired) electrons. The number of alkyl halides is 3. The van der Waals surface area contributed by atoms with Crippen LogP contribution in [0.25, 0.3) is 0 Å². The molecule has 0 spiro atoms. The second-order valence-electron chi connectivity index (χ2n) is 11.9. The number of allylic oxidation sites excluding steroid dienone is 2. The molecule has 2 saturated heterocycles. The number of aromatic hydroxyl groups is 1. The van der Waals surface area contributed by atoms with E-state index >= 15 is 0 Å². The van der Waals surface area contributed by atoms with Crippen LogP contribution in [0.5, 0.6) is 5.75 Å². The van der Waals surface area contributed by atoms with E-state index in [0.29, 0.717) is 39.0 Å². The Morgan fingerprint density at radius 1 is 1.00 bits per heavy atom. The first-order valence-electron chi connectivity index (χ1n) is 14.3. The summed E-state index contributed by atoms with van der Waals surface area (Å²) in [4.78, 5) is 58.9. The van der Waals surface area contributed by atoms with Gasteiger partial charge >= 0.3 is 6.18 Å². The molecular weight excluding hydrogens is 648 g/mol. The van der Waals surface area contributed by atoms with Gasteiger partial charge in [-0.1, -0.05) is 59.1 Å². The van der Waals surface area contributed by atoms with Gasteiger partial charge in [0, 0.05) is 17.1 Å². The summed E-state index contributed by atoms with van der Waals surface area (Å²) in [6, 6.07) is 13.3. The molecule has 6 unspecified atom stereocenters. The number of halogens is 5. The van der Waals surface area contributed by atoms with Crippen LogP contribution in [0.2, 0.25) is 10.0 Å². The Balaban J connectivity index is 1.43. The van der Waals surface area contributed by atoms with E-state index < -0.39 is 75.4 Å². The number of nitrogens with one attached hydrogen (secondary N) is 2. The van der Waals surface area contributed by atoms with Gasteiger partial charge in [0.15, 0.2) is 5.82 Å². The average Bonchev–Trinajstić information content (AvgIpc) is 3.41. The first-order chi connectivity index (χ1) is 21.8. The van der Waals surface area contributed by atoms with Gasteiger partial charge in [0.1, 0.15) is 5.75 Å². The van der Waals surface area contributed by atoms with Gasteiger partial charge in [-0.05, 0) is 60.2 Å². The van der Waals surface area contributed by atoms with Gasteiger partial charge < -0.3 is 5.11 Å². The molecule has 0 bridgehead atoms. The highest BCUT2D eigenvalue weighted by Gasteiger charge is 2.70. The van der Waals surface area contributed by atoms with Crippen molar-refractivity contribution in [2.75, 3.05) is 5.43 Å². The van der Waals surface area contributed by atoms with E-state index in [4.69, 9.17) is 23.2 Å². The van der Waals surface area contributed by atoms with Crippen molar-refractivity contribution >= 4 is 52.6 Å². The van der Waals surface area contributed by atoms with Gasteiger partial charge in [-0.25, -0.2) is 4.98 Å². The number of hydrogen-bond donors (Lipinski definition) is 3. The molecule has 2 aliphatic carbocycles. The maximum atomic E-state index is 14.9. The number of hydrogen-bond acceptors (Lipinski definition) is 7. The third-order valence-corrected chi connectivity index (χ3v) is 10.1. The highest BCUT2D eigenvalue weighted by Crippen LogP contribution is 2.63. The summed E-state index contributed by atoms with van der Waals surface area (Å²) < 4.78 is 39.9. The van der Waals surface area contributed by atoms with Crippen molar-refractivity contribution in [1.82, 2.24) is 15.3 Å². The summed E-state index contributed by atoms with van der Waals surface area (Å²) in [6.45, 7) is 0. The Kier molecular flexibility index (Phi) is 6.94. The molecule has 46 heavy (non-hydrogen) atoms. The van der Waals surface area contributed by atoms with Crippen LogP contribution in [-0.4, -0.2) is 38.7 Å². The van der Waals surface area contributed by atoms with Gasteiger partial charge in [0.25, 0.3) is 11.8 Å². The summed E-state index contributed by atoms with van der Waals surface area (Å²) >= 11 is 12.4. The zero-order chi connectivity index (χ0) is 32.7. The second kappa shape index (κ2) is 10.6. The van der Waals surface area contributed by atoms with Crippen molar-refractivity contribution in [3.05, 3.63) is 99.2 Å². The summed E-state index contributed by atoms with van der Waals surface area (Å²) in [7, 11) is 0. The van der Waals surface area contributed by atoms with E-state index in [1.807, 2.05) is 6.08 Å². The molecule has 7 rings (SSSR count). The molecule has 6 atom stereocenters. The van der Waals surface area contributed by atoms with Crippen molar-refractivity contribution in [3.8, 4) is 5.75 Å². The number of carbonyl (C=O) groups excluding carboxylic acids is 4. The van der Waals surface area contributed by atoms with Crippen molar-refractivity contribution < 1.29 is 37.5 Å². The van der Waals surface area contributed by atoms with Crippen LogP contribution in [0.1, 0.15) is 35.4 Å². The van der Waals surface area contributed by atoms with E-state index in [1.165, 1.54) is 12.1 Å². The highest BCUT2D eigenvalue weighted by molar-refractivity contribution is 6.33. The summed E-state index contributed by atoms with van der Waals surface area (Å²) in [5.41, 5.74) is 1.34. The topological polar surface area (TPSA) is 129 Å². The molecule has 3 heterocycles. The number of aromatic nitrogens is 1. The number of phenolic OH excluding ortho intramolecular Hbond substituents is 1. The van der Waals surface area contributed by atoms with E-state index in [0.717, 1.165) is 0 Å². The number of pyridine rings is 1. The molecule has 9 nitrogen and oxygen atoms in total. The largest absolute Gasteiger partial charge is 0.508 e. The van der Waals surface area contributed by atoms with Crippen LogP contribution in [0.4, 0.5) is 19.0 Å². The maximum Gasteiger partial charge on any atom is 0.417 e. The summed E-state index contributed by atoms with van der Waals surface area (Å²) in [6.07, 6.45) is -2.13. The molecule has 4 amide bonds. The molecular formula is C32H23Cl2F3N4O5. The Hall–Kier alpha value is -4.42. The fraction of sp³-hybridized carbons (Fsp3) is 0.281. The van der Waals surface area contributed by atoms with Crippen LogP contribution in [0.3, 0.4) is 0 Å². The lowest BCUT2D eigenvalue weighted by atomic mass is 9.49. The van der Waals surface area contributed by atoms with Crippen molar-refractivity contribution in [3.63, 3.8) is 0 Å². The van der Waals surface area contributed by atoms with E-state index in [1.54, 1.807) is 36.4 Å². The van der Waals surface area contributed by atoms with Crippen LogP contribution in [0.15, 0.2) is 72.4 Å². The fourth-order valence-corrected chi connectivity index (χ4v) is 8.11. The Labute approximate surface area is 269 Å². The van der Waals surface area contributed by atoms with Crippen LogP contribution >= 0.6 is 23.2 Å². The number of anilines is 1. The van der Waals surface area contributed by atoms with Crippen molar-refractivity contribution in [1.29, 1.82) is 0 Å². The van der Waals surface area contributed by atoms with Gasteiger partial charge in [-0.2, -0.15) is 18.2 Å². The molecule has 2 aliphatic heterocycles. The predicted molar refractivity (Wildman–Crippen MR) is 158 cm³/mol. The second-order valence-corrected chi connectivity index (χ2v) is 12.7. The Morgan fingerprint density at radius 3 is 2.41 bits per heavy atom. The Morgan fingerprint density at radius 2 is 1.74 bits per heavy atom.